The fourth-order valence-electron chi connectivity index (χ4n) is 2.80. The molecule has 3 nitrogen and oxygen atoms in total. The molecule has 0 saturated heterocycles. The standard InChI is InChI=1S/C23H19NO2/c1-2-9-22(23(25)26)18-14-16-21(17-15-18)24(19-10-5-3-6-11-19)20-12-7-4-8-13-20/h2-17H,1H2,(H,25,26)/b22-9-. The number of nitrogens with zero attached hydrogens (tertiary/aromatic N) is 1. The molecule has 3 rings (SSSR count). The van der Waals surface area contributed by atoms with Crippen LogP contribution in [0.5, 0.6) is 0 Å². The fourth-order valence-corrected chi connectivity index (χ4v) is 2.80. The van der Waals surface area contributed by atoms with Crippen LogP contribution in [0.25, 0.3) is 5.57 Å². The predicted molar refractivity (Wildman–Crippen MR) is 107 cm³/mol. The van der Waals surface area contributed by atoms with Crippen molar-refractivity contribution < 1.29 is 9.90 Å². The Morgan fingerprint density at radius 1 is 0.769 bits per heavy atom. The number of para-hydroxylation sites is 2. The zero-order valence-electron chi connectivity index (χ0n) is 14.2. The van der Waals surface area contributed by atoms with Gasteiger partial charge in [-0.1, -0.05) is 61.2 Å². The van der Waals surface area contributed by atoms with E-state index in [0.717, 1.165) is 17.1 Å². The van der Waals surface area contributed by atoms with E-state index in [-0.39, 0.29) is 5.57 Å². The van der Waals surface area contributed by atoms with Gasteiger partial charge in [0.2, 0.25) is 0 Å². The lowest BCUT2D eigenvalue weighted by Crippen LogP contribution is -2.09. The van der Waals surface area contributed by atoms with Crippen molar-refractivity contribution in [1.82, 2.24) is 0 Å². The van der Waals surface area contributed by atoms with Crippen LogP contribution in [0.2, 0.25) is 0 Å². The molecule has 0 unspecified atom stereocenters. The molecule has 3 heteroatoms. The Balaban J connectivity index is 2.04. The van der Waals surface area contributed by atoms with E-state index in [1.807, 2.05) is 84.9 Å². The molecule has 0 saturated carbocycles. The third-order valence-corrected chi connectivity index (χ3v) is 3.98. The second-order valence-corrected chi connectivity index (χ2v) is 5.67. The summed E-state index contributed by atoms with van der Waals surface area (Å²) in [6, 6.07) is 27.6. The Labute approximate surface area is 153 Å². The summed E-state index contributed by atoms with van der Waals surface area (Å²) in [6.07, 6.45) is 2.99. The molecule has 0 bridgehead atoms. The average molecular weight is 341 g/mol. The first kappa shape index (κ1) is 17.2. The first-order chi connectivity index (χ1) is 12.7. The highest BCUT2D eigenvalue weighted by atomic mass is 16.4. The molecule has 0 aliphatic carbocycles. The van der Waals surface area contributed by atoms with E-state index < -0.39 is 5.97 Å². The molecular weight excluding hydrogens is 322 g/mol. The Morgan fingerprint density at radius 2 is 1.23 bits per heavy atom. The molecular formula is C23H19NO2. The number of benzene rings is 3. The van der Waals surface area contributed by atoms with Crippen LogP contribution < -0.4 is 4.90 Å². The third kappa shape index (κ3) is 3.73. The van der Waals surface area contributed by atoms with Crippen LogP contribution >= 0.6 is 0 Å². The van der Waals surface area contributed by atoms with Gasteiger partial charge in [0, 0.05) is 17.1 Å². The average Bonchev–Trinajstić information content (AvgIpc) is 2.68. The number of anilines is 3. The zero-order valence-corrected chi connectivity index (χ0v) is 14.2. The molecule has 0 heterocycles. The highest BCUT2D eigenvalue weighted by molar-refractivity contribution is 6.15. The highest BCUT2D eigenvalue weighted by Crippen LogP contribution is 2.34. The van der Waals surface area contributed by atoms with E-state index in [1.165, 1.54) is 12.2 Å². The van der Waals surface area contributed by atoms with Crippen molar-refractivity contribution in [3.63, 3.8) is 0 Å². The molecule has 0 aromatic heterocycles. The van der Waals surface area contributed by atoms with Crippen molar-refractivity contribution in [2.45, 2.75) is 0 Å². The summed E-state index contributed by atoms with van der Waals surface area (Å²) >= 11 is 0. The minimum absolute atomic E-state index is 0.220. The van der Waals surface area contributed by atoms with Gasteiger partial charge in [0.1, 0.15) is 0 Å². The number of carbonyl (C=O) groups is 1. The topological polar surface area (TPSA) is 40.5 Å². The van der Waals surface area contributed by atoms with E-state index in [1.54, 1.807) is 0 Å². The molecule has 0 radical (unpaired) electrons. The zero-order chi connectivity index (χ0) is 18.4. The van der Waals surface area contributed by atoms with Gasteiger partial charge in [-0.2, -0.15) is 0 Å². The summed E-state index contributed by atoms with van der Waals surface area (Å²) < 4.78 is 0. The Hall–Kier alpha value is -3.59. The molecule has 0 fully saturated rings. The lowest BCUT2D eigenvalue weighted by atomic mass is 10.0. The normalized spacial score (nSPS) is 11.0. The van der Waals surface area contributed by atoms with Gasteiger partial charge in [0.25, 0.3) is 0 Å². The Bertz CT molecular complexity index is 874. The summed E-state index contributed by atoms with van der Waals surface area (Å²) in [4.78, 5) is 13.6. The monoisotopic (exact) mass is 341 g/mol. The van der Waals surface area contributed by atoms with Crippen LogP contribution in [0.3, 0.4) is 0 Å². The first-order valence-electron chi connectivity index (χ1n) is 8.27. The van der Waals surface area contributed by atoms with E-state index in [9.17, 15) is 9.90 Å². The van der Waals surface area contributed by atoms with E-state index in [2.05, 4.69) is 11.5 Å². The molecule has 0 atom stereocenters. The van der Waals surface area contributed by atoms with Gasteiger partial charge in [-0.25, -0.2) is 4.79 Å². The van der Waals surface area contributed by atoms with Gasteiger partial charge in [-0.3, -0.25) is 0 Å². The van der Waals surface area contributed by atoms with Crippen molar-refractivity contribution >= 4 is 28.6 Å². The number of hydrogen-bond donors (Lipinski definition) is 1. The fraction of sp³-hybridized carbons (Fsp3) is 0. The molecule has 1 N–H and O–H groups in total. The van der Waals surface area contributed by atoms with Crippen LogP contribution in [0.15, 0.2) is 104 Å². The predicted octanol–water partition coefficient (Wildman–Crippen LogP) is 5.81. The number of aliphatic carboxylic acids is 1. The van der Waals surface area contributed by atoms with Gasteiger partial charge >= 0.3 is 5.97 Å². The summed E-state index contributed by atoms with van der Waals surface area (Å²) in [7, 11) is 0. The maximum absolute atomic E-state index is 11.4. The van der Waals surface area contributed by atoms with Gasteiger partial charge in [-0.15, -0.1) is 0 Å². The van der Waals surface area contributed by atoms with Crippen molar-refractivity contribution in [2.24, 2.45) is 0 Å². The van der Waals surface area contributed by atoms with Crippen molar-refractivity contribution in [3.05, 3.63) is 109 Å². The third-order valence-electron chi connectivity index (χ3n) is 3.98. The van der Waals surface area contributed by atoms with Crippen LogP contribution in [0, 0.1) is 0 Å². The number of carboxylic acid groups (broad SMARTS) is 1. The first-order valence-corrected chi connectivity index (χ1v) is 8.27. The van der Waals surface area contributed by atoms with E-state index >= 15 is 0 Å². The quantitative estimate of drug-likeness (QED) is 0.454. The minimum Gasteiger partial charge on any atom is -0.478 e. The van der Waals surface area contributed by atoms with Gasteiger partial charge < -0.3 is 10.0 Å². The van der Waals surface area contributed by atoms with E-state index in [4.69, 9.17) is 0 Å². The maximum atomic E-state index is 11.4. The number of carboxylic acids is 1. The summed E-state index contributed by atoms with van der Waals surface area (Å²) in [5.74, 6) is -0.972. The summed E-state index contributed by atoms with van der Waals surface area (Å²) in [5, 5.41) is 9.37. The molecule has 3 aromatic carbocycles. The van der Waals surface area contributed by atoms with Gasteiger partial charge in [-0.05, 0) is 48.0 Å². The lowest BCUT2D eigenvalue weighted by molar-refractivity contribution is -0.130. The molecule has 0 aliphatic heterocycles. The molecule has 26 heavy (non-hydrogen) atoms. The molecule has 0 amide bonds. The molecule has 0 spiro atoms. The summed E-state index contributed by atoms with van der Waals surface area (Å²) in [6.45, 7) is 3.59. The van der Waals surface area contributed by atoms with Gasteiger partial charge in [0.15, 0.2) is 0 Å². The second kappa shape index (κ2) is 7.99. The number of hydrogen-bond acceptors (Lipinski definition) is 2. The molecule has 128 valence electrons. The van der Waals surface area contributed by atoms with Crippen molar-refractivity contribution in [2.75, 3.05) is 4.90 Å². The molecule has 3 aromatic rings. The largest absolute Gasteiger partial charge is 0.478 e. The van der Waals surface area contributed by atoms with E-state index in [0.29, 0.717) is 5.56 Å². The van der Waals surface area contributed by atoms with Crippen LogP contribution in [0.1, 0.15) is 5.56 Å². The van der Waals surface area contributed by atoms with Gasteiger partial charge in [0.05, 0.1) is 5.57 Å². The highest BCUT2D eigenvalue weighted by Gasteiger charge is 2.13. The van der Waals surface area contributed by atoms with Crippen LogP contribution in [0.4, 0.5) is 17.1 Å². The smallest absolute Gasteiger partial charge is 0.336 e. The SMILES string of the molecule is C=C/C=C(\C(=O)O)c1ccc(N(c2ccccc2)c2ccccc2)cc1. The number of allylic oxidation sites excluding steroid dienone is 2. The molecule has 0 aliphatic rings. The van der Waals surface area contributed by atoms with Crippen LogP contribution in [-0.2, 0) is 4.79 Å². The lowest BCUT2D eigenvalue weighted by Gasteiger charge is -2.25. The van der Waals surface area contributed by atoms with Crippen molar-refractivity contribution in [3.8, 4) is 0 Å². The second-order valence-electron chi connectivity index (χ2n) is 5.67. The number of rotatable bonds is 6. The van der Waals surface area contributed by atoms with Crippen molar-refractivity contribution in [1.29, 1.82) is 0 Å². The Kier molecular flexibility index (Phi) is 5.30. The summed E-state index contributed by atoms with van der Waals surface area (Å²) in [5.41, 5.74) is 3.88. The minimum atomic E-state index is -0.972. The maximum Gasteiger partial charge on any atom is 0.336 e. The van der Waals surface area contributed by atoms with Crippen LogP contribution in [-0.4, -0.2) is 11.1 Å². The Morgan fingerprint density at radius 3 is 1.65 bits per heavy atom.